The minimum absolute atomic E-state index is 0.0584. The van der Waals surface area contributed by atoms with Crippen molar-refractivity contribution < 1.29 is 22.5 Å². The third-order valence-electron chi connectivity index (χ3n) is 14.9. The van der Waals surface area contributed by atoms with Gasteiger partial charge in [-0.3, -0.25) is 0 Å². The average Bonchev–Trinajstić information content (AvgIpc) is 0.880. The van der Waals surface area contributed by atoms with Gasteiger partial charge in [-0.25, -0.2) is 8.78 Å². The molecule has 12 rings (SSSR count). The molecule has 0 aliphatic heterocycles. The lowest BCUT2D eigenvalue weighted by atomic mass is 9.86. The SMILES string of the molecule is [2H]c1c([2H])c([2H])c(N(c2c(F)ccc(-c3cc(C)ccc3C)c2-c2cc(C)ccc2C)c2ccc3ccc4c(N(c5c([2H])c([2H])c([2H])c([2H])c5[2H])c5c(F)ccc(-c6cc(C)ccc6C)c5-c5cc(C)ccc5C)ccc5ccc2c3c54)c([2H])c1[2H]. The topological polar surface area (TPSA) is 6.48 Å². The summed E-state index contributed by atoms with van der Waals surface area (Å²) in [6, 6.07) is 38.8. The fourth-order valence-corrected chi connectivity index (χ4v) is 11.2. The molecule has 12 aromatic rings. The van der Waals surface area contributed by atoms with E-state index in [1.165, 1.54) is 21.9 Å². The quantitative estimate of drug-likeness (QED) is 0.126. The molecule has 0 bridgehead atoms. The molecule has 0 fully saturated rings. The lowest BCUT2D eigenvalue weighted by Gasteiger charge is -2.32. The van der Waals surface area contributed by atoms with Crippen molar-refractivity contribution in [1.82, 2.24) is 0 Å². The number of para-hydroxylation sites is 2. The molecule has 0 unspecified atom stereocenters. The van der Waals surface area contributed by atoms with Crippen molar-refractivity contribution in [3.63, 3.8) is 0 Å². The Morgan fingerprint density at radius 2 is 0.658 bits per heavy atom. The van der Waals surface area contributed by atoms with Gasteiger partial charge in [0.1, 0.15) is 11.6 Å². The van der Waals surface area contributed by atoms with Crippen molar-refractivity contribution in [3.05, 3.63) is 262 Å². The van der Waals surface area contributed by atoms with Crippen LogP contribution >= 0.6 is 0 Å². The highest BCUT2D eigenvalue weighted by atomic mass is 19.1. The molecule has 0 N–H and O–H groups in total. The molecule has 0 saturated heterocycles. The van der Waals surface area contributed by atoms with Gasteiger partial charge in [0.25, 0.3) is 0 Å². The van der Waals surface area contributed by atoms with Crippen LogP contribution in [0.2, 0.25) is 0 Å². The van der Waals surface area contributed by atoms with Gasteiger partial charge in [0, 0.05) is 33.3 Å². The largest absolute Gasteiger partial charge is 0.307 e. The Balaban J connectivity index is 1.24. The molecule has 370 valence electrons. The van der Waals surface area contributed by atoms with Gasteiger partial charge < -0.3 is 9.80 Å². The molecule has 0 saturated carbocycles. The summed E-state index contributed by atoms with van der Waals surface area (Å²) in [6.07, 6.45) is 0. The van der Waals surface area contributed by atoms with E-state index in [2.05, 4.69) is 0 Å². The van der Waals surface area contributed by atoms with Gasteiger partial charge in [0.05, 0.1) is 36.5 Å². The first kappa shape index (κ1) is 37.8. The van der Waals surface area contributed by atoms with E-state index in [9.17, 15) is 5.48 Å². The third-order valence-corrected chi connectivity index (χ3v) is 14.9. The van der Waals surface area contributed by atoms with E-state index in [0.29, 0.717) is 65.7 Å². The minimum atomic E-state index is -0.728. The fourth-order valence-electron chi connectivity index (χ4n) is 11.2. The number of hydrogen-bond donors (Lipinski definition) is 0. The number of aryl methyl sites for hydroxylation is 8. The van der Waals surface area contributed by atoms with Gasteiger partial charge in [-0.1, -0.05) is 180 Å². The van der Waals surface area contributed by atoms with E-state index >= 15 is 8.78 Å². The summed E-state index contributed by atoms with van der Waals surface area (Å²) in [5, 5.41) is 3.59. The molecule has 0 aliphatic carbocycles. The first-order valence-electron chi connectivity index (χ1n) is 30.4. The predicted molar refractivity (Wildman–Crippen MR) is 319 cm³/mol. The first-order chi connectivity index (χ1) is 41.0. The predicted octanol–water partition coefficient (Wildman–Crippen LogP) is 20.9. The Labute approximate surface area is 459 Å². The molecular weight excluding hydrogens is 931 g/mol. The van der Waals surface area contributed by atoms with Gasteiger partial charge >= 0.3 is 0 Å². The van der Waals surface area contributed by atoms with E-state index in [1.54, 1.807) is 24.3 Å². The van der Waals surface area contributed by atoms with E-state index < -0.39 is 72.1 Å². The number of halogens is 2. The van der Waals surface area contributed by atoms with Crippen LogP contribution in [0.3, 0.4) is 0 Å². The molecule has 0 atom stereocenters. The maximum atomic E-state index is 18.2. The average molecular weight is 999 g/mol. The number of rotatable bonds is 10. The van der Waals surface area contributed by atoms with Crippen molar-refractivity contribution >= 4 is 66.4 Å². The highest BCUT2D eigenvalue weighted by molar-refractivity contribution is 6.28. The van der Waals surface area contributed by atoms with Crippen molar-refractivity contribution in [2.75, 3.05) is 9.80 Å². The van der Waals surface area contributed by atoms with Crippen LogP contribution in [-0.2, 0) is 0 Å². The van der Waals surface area contributed by atoms with E-state index in [-0.39, 0.29) is 34.1 Å². The Morgan fingerprint density at radius 1 is 0.329 bits per heavy atom. The van der Waals surface area contributed by atoms with Crippen LogP contribution in [0, 0.1) is 67.0 Å². The van der Waals surface area contributed by atoms with E-state index in [4.69, 9.17) is 8.22 Å². The molecule has 2 nitrogen and oxygen atoms in total. The Hall–Kier alpha value is -8.86. The molecule has 0 spiro atoms. The lowest BCUT2D eigenvalue weighted by molar-refractivity contribution is 0.629. The maximum Gasteiger partial charge on any atom is 0.147 e. The molecule has 0 heterocycles. The van der Waals surface area contributed by atoms with Gasteiger partial charge in [0.15, 0.2) is 0 Å². The summed E-state index contributed by atoms with van der Waals surface area (Å²) >= 11 is 0. The van der Waals surface area contributed by atoms with Crippen LogP contribution < -0.4 is 9.80 Å². The summed E-state index contributed by atoms with van der Waals surface area (Å²) in [5.41, 5.74) is 12.1. The summed E-state index contributed by atoms with van der Waals surface area (Å²) in [4.78, 5) is 2.94. The fraction of sp³-hybridized carbons (Fsp3) is 0.111. The van der Waals surface area contributed by atoms with E-state index in [0.717, 1.165) is 55.6 Å². The second-order valence-corrected chi connectivity index (χ2v) is 20.1. The van der Waals surface area contributed by atoms with Gasteiger partial charge in [-0.2, -0.15) is 0 Å². The van der Waals surface area contributed by atoms with Gasteiger partial charge in [-0.15, -0.1) is 0 Å². The van der Waals surface area contributed by atoms with Gasteiger partial charge in [-0.05, 0) is 181 Å². The van der Waals surface area contributed by atoms with Crippen LogP contribution in [0.15, 0.2) is 206 Å². The summed E-state index contributed by atoms with van der Waals surface area (Å²) in [7, 11) is 0. The Bertz CT molecular complexity index is 4500. The standard InChI is InChI=1S/C72H58F2N2/c1-43-19-23-47(5)59(39-43)55-33-35-63(73)71(69(55)61-41-45(3)21-25-49(61)7)75(53-15-11-9-12-16-53)65-37-29-51-28-32-58-66(38-30-52-27-31-57(65)67(51)68(52)58)76(54-17-13-10-14-18-54)72-64(74)36-34-56(60-40-44(2)20-24-48(60)6)70(72)62-42-46(4)22-26-50(62)8/h9-42H,1-8H3/i9D,10D,11D,12D,13D,14D,15D,16D,17D,18D. The monoisotopic (exact) mass is 999 g/mol. The Kier molecular flexibility index (Phi) is 9.51. The molecule has 0 aromatic heterocycles. The zero-order valence-corrected chi connectivity index (χ0v) is 43.5. The second-order valence-electron chi connectivity index (χ2n) is 20.1. The zero-order valence-electron chi connectivity index (χ0n) is 53.5. The summed E-state index contributed by atoms with van der Waals surface area (Å²) in [6.45, 7) is 15.7. The molecule has 0 amide bonds. The summed E-state index contributed by atoms with van der Waals surface area (Å²) in [5.74, 6) is -1.46. The zero-order chi connectivity index (χ0) is 61.2. The van der Waals surface area contributed by atoms with Crippen LogP contribution in [0.5, 0.6) is 0 Å². The van der Waals surface area contributed by atoms with Crippen LogP contribution in [-0.4, -0.2) is 0 Å². The van der Waals surface area contributed by atoms with Crippen molar-refractivity contribution in [1.29, 1.82) is 0 Å². The van der Waals surface area contributed by atoms with Crippen LogP contribution in [0.4, 0.5) is 42.9 Å². The summed E-state index contributed by atoms with van der Waals surface area (Å²) < 4.78 is 129. The molecule has 4 heteroatoms. The van der Waals surface area contributed by atoms with Crippen LogP contribution in [0.1, 0.15) is 58.2 Å². The Morgan fingerprint density at radius 3 is 1.03 bits per heavy atom. The van der Waals surface area contributed by atoms with Crippen molar-refractivity contribution in [3.8, 4) is 44.5 Å². The molecular formula is C72H58F2N2. The van der Waals surface area contributed by atoms with Gasteiger partial charge in [0.2, 0.25) is 0 Å². The molecule has 0 radical (unpaired) electrons. The highest BCUT2D eigenvalue weighted by Crippen LogP contribution is 2.54. The van der Waals surface area contributed by atoms with Crippen molar-refractivity contribution in [2.45, 2.75) is 55.4 Å². The second kappa shape index (κ2) is 19.1. The smallest absolute Gasteiger partial charge is 0.147 e. The normalized spacial score (nSPS) is 13.4. The number of nitrogens with zero attached hydrogens (tertiary/aromatic N) is 2. The van der Waals surface area contributed by atoms with Crippen molar-refractivity contribution in [2.24, 2.45) is 0 Å². The maximum absolute atomic E-state index is 18.2. The molecule has 12 aromatic carbocycles. The lowest BCUT2D eigenvalue weighted by Crippen LogP contribution is -2.15. The highest BCUT2D eigenvalue weighted by Gasteiger charge is 2.30. The minimum Gasteiger partial charge on any atom is -0.307 e. The number of hydrogen-bond acceptors (Lipinski definition) is 2. The first-order valence-corrected chi connectivity index (χ1v) is 25.4. The molecule has 76 heavy (non-hydrogen) atoms. The molecule has 0 aliphatic rings. The van der Waals surface area contributed by atoms with E-state index in [1.807, 2.05) is 165 Å². The van der Waals surface area contributed by atoms with Crippen LogP contribution in [0.25, 0.3) is 76.8 Å². The number of anilines is 6. The number of benzene rings is 12. The third kappa shape index (κ3) is 8.17.